The number of unbranched alkanes of at least 4 members (excludes halogenated alkanes) is 1. The fraction of sp³-hybridized carbons (Fsp3) is 0.579. The van der Waals surface area contributed by atoms with Crippen LogP contribution in [0.15, 0.2) is 24.3 Å². The molecule has 1 atom stereocenters. The Bertz CT molecular complexity index is 629. The van der Waals surface area contributed by atoms with Gasteiger partial charge in [-0.25, -0.2) is 0 Å². The van der Waals surface area contributed by atoms with Gasteiger partial charge in [0.2, 0.25) is 0 Å². The third-order valence-electron chi connectivity index (χ3n) is 4.68. The second-order valence-electron chi connectivity index (χ2n) is 6.61. The highest BCUT2D eigenvalue weighted by Crippen LogP contribution is 2.30. The molecular weight excluding hydrogens is 300 g/mol. The van der Waals surface area contributed by atoms with Crippen LogP contribution in [0, 0.1) is 22.7 Å². The van der Waals surface area contributed by atoms with Gasteiger partial charge in [0, 0.05) is 38.6 Å². The van der Waals surface area contributed by atoms with Gasteiger partial charge >= 0.3 is 0 Å². The number of rotatable bonds is 7. The first kappa shape index (κ1) is 16.8. The molecule has 1 aromatic carbocycles. The van der Waals surface area contributed by atoms with Gasteiger partial charge in [-0.15, -0.1) is 0 Å². The molecular formula is C19H24N4O. The molecule has 3 rings (SSSR count). The fourth-order valence-corrected chi connectivity index (χ4v) is 3.29. The summed E-state index contributed by atoms with van der Waals surface area (Å²) in [5.74, 6) is 0.860. The Balaban J connectivity index is 1.52. The fourth-order valence-electron chi connectivity index (χ4n) is 3.29. The van der Waals surface area contributed by atoms with Crippen LogP contribution in [0.25, 0.3) is 0 Å². The predicted molar refractivity (Wildman–Crippen MR) is 91.2 cm³/mol. The van der Waals surface area contributed by atoms with Crippen LogP contribution >= 0.6 is 0 Å². The maximum atomic E-state index is 9.45. The van der Waals surface area contributed by atoms with E-state index in [1.165, 1.54) is 18.4 Å². The van der Waals surface area contributed by atoms with E-state index in [2.05, 4.69) is 34.1 Å². The molecule has 5 heteroatoms. The molecule has 1 heterocycles. The van der Waals surface area contributed by atoms with E-state index in [-0.39, 0.29) is 6.04 Å². The molecule has 1 aliphatic carbocycles. The molecule has 0 spiro atoms. The Labute approximate surface area is 144 Å². The van der Waals surface area contributed by atoms with Gasteiger partial charge in [-0.2, -0.15) is 10.5 Å². The lowest BCUT2D eigenvalue weighted by atomic mass is 10.1. The van der Waals surface area contributed by atoms with Crippen LogP contribution in [-0.4, -0.2) is 48.1 Å². The molecule has 2 aliphatic rings. The average Bonchev–Trinajstić information content (AvgIpc) is 3.44. The molecule has 1 saturated carbocycles. The van der Waals surface area contributed by atoms with Gasteiger partial charge in [0.25, 0.3) is 0 Å². The van der Waals surface area contributed by atoms with Crippen molar-refractivity contribution in [3.63, 3.8) is 0 Å². The third kappa shape index (κ3) is 4.47. The van der Waals surface area contributed by atoms with E-state index in [0.717, 1.165) is 38.3 Å². The zero-order chi connectivity index (χ0) is 16.8. The zero-order valence-electron chi connectivity index (χ0n) is 14.0. The smallest absolute Gasteiger partial charge is 0.119 e. The Kier molecular flexibility index (Phi) is 5.69. The quantitative estimate of drug-likeness (QED) is 0.721. The molecule has 0 radical (unpaired) electrons. The second-order valence-corrected chi connectivity index (χ2v) is 6.61. The molecule has 0 amide bonds. The van der Waals surface area contributed by atoms with Gasteiger partial charge in [-0.05, 0) is 37.0 Å². The van der Waals surface area contributed by atoms with Crippen molar-refractivity contribution in [3.8, 4) is 17.9 Å². The largest absolute Gasteiger partial charge is 0.494 e. The highest BCUT2D eigenvalue weighted by Gasteiger charge is 2.37. The first-order chi connectivity index (χ1) is 11.8. The standard InChI is InChI=1S/C19H24N4O/c20-8-1-2-11-24-19-5-3-4-16(12-19)14-22-9-10-23(17-6-7-17)18(13-21)15-22/h3-5,12,17-18H,1-2,6-7,9-11,14-15H2. The summed E-state index contributed by atoms with van der Waals surface area (Å²) in [6.45, 7) is 4.26. The van der Waals surface area contributed by atoms with Gasteiger partial charge in [-0.1, -0.05) is 12.1 Å². The molecule has 1 aromatic rings. The van der Waals surface area contributed by atoms with Crippen LogP contribution in [0.1, 0.15) is 31.2 Å². The molecule has 1 aliphatic heterocycles. The molecule has 0 bridgehead atoms. The Morgan fingerprint density at radius 2 is 2.08 bits per heavy atom. The molecule has 5 nitrogen and oxygen atoms in total. The van der Waals surface area contributed by atoms with Crippen molar-refractivity contribution in [2.45, 2.75) is 44.3 Å². The molecule has 24 heavy (non-hydrogen) atoms. The van der Waals surface area contributed by atoms with E-state index in [0.29, 0.717) is 19.1 Å². The minimum atomic E-state index is 0.0247. The normalized spacial score (nSPS) is 21.8. The van der Waals surface area contributed by atoms with Crippen molar-refractivity contribution in [2.24, 2.45) is 0 Å². The summed E-state index contributed by atoms with van der Waals surface area (Å²) in [5, 5.41) is 18.0. The second kappa shape index (κ2) is 8.15. The van der Waals surface area contributed by atoms with Crippen molar-refractivity contribution >= 4 is 0 Å². The van der Waals surface area contributed by atoms with Gasteiger partial charge < -0.3 is 4.74 Å². The maximum absolute atomic E-state index is 9.45. The van der Waals surface area contributed by atoms with Crippen LogP contribution in [0.3, 0.4) is 0 Å². The van der Waals surface area contributed by atoms with E-state index in [9.17, 15) is 5.26 Å². The van der Waals surface area contributed by atoms with Gasteiger partial charge in [0.05, 0.1) is 18.7 Å². The number of hydrogen-bond donors (Lipinski definition) is 0. The summed E-state index contributed by atoms with van der Waals surface area (Å²) in [6.07, 6.45) is 3.79. The SMILES string of the molecule is N#CCCCOc1cccc(CN2CCN(C3CC3)C(C#N)C2)c1. The van der Waals surface area contributed by atoms with Crippen molar-refractivity contribution in [1.82, 2.24) is 9.80 Å². The zero-order valence-corrected chi connectivity index (χ0v) is 14.0. The average molecular weight is 324 g/mol. The van der Waals surface area contributed by atoms with Gasteiger partial charge in [0.1, 0.15) is 11.8 Å². The van der Waals surface area contributed by atoms with Crippen LogP contribution in [-0.2, 0) is 6.54 Å². The molecule has 1 unspecified atom stereocenters. The van der Waals surface area contributed by atoms with E-state index >= 15 is 0 Å². The molecule has 0 N–H and O–H groups in total. The lowest BCUT2D eigenvalue weighted by Crippen LogP contribution is -2.52. The third-order valence-corrected chi connectivity index (χ3v) is 4.68. The van der Waals surface area contributed by atoms with E-state index in [1.807, 2.05) is 12.1 Å². The Morgan fingerprint density at radius 1 is 1.21 bits per heavy atom. The molecule has 0 aromatic heterocycles. The number of hydrogen-bond acceptors (Lipinski definition) is 5. The van der Waals surface area contributed by atoms with Crippen molar-refractivity contribution in [3.05, 3.63) is 29.8 Å². The van der Waals surface area contributed by atoms with Crippen LogP contribution in [0.2, 0.25) is 0 Å². The summed E-state index contributed by atoms with van der Waals surface area (Å²) < 4.78 is 5.71. The maximum Gasteiger partial charge on any atom is 0.119 e. The Hall–Kier alpha value is -2.08. The first-order valence-electron chi connectivity index (χ1n) is 8.76. The highest BCUT2D eigenvalue weighted by molar-refractivity contribution is 5.28. The predicted octanol–water partition coefficient (Wildman–Crippen LogP) is 2.54. The molecule has 1 saturated heterocycles. The summed E-state index contributed by atoms with van der Waals surface area (Å²) in [7, 11) is 0. The number of piperazine rings is 1. The number of benzene rings is 1. The Morgan fingerprint density at radius 3 is 2.83 bits per heavy atom. The van der Waals surface area contributed by atoms with Crippen molar-refractivity contribution in [1.29, 1.82) is 10.5 Å². The number of nitrogens with zero attached hydrogens (tertiary/aromatic N) is 4. The lowest BCUT2D eigenvalue weighted by Gasteiger charge is -2.38. The van der Waals surface area contributed by atoms with E-state index in [4.69, 9.17) is 10.00 Å². The van der Waals surface area contributed by atoms with Crippen LogP contribution in [0.5, 0.6) is 5.75 Å². The van der Waals surface area contributed by atoms with Crippen molar-refractivity contribution in [2.75, 3.05) is 26.2 Å². The summed E-state index contributed by atoms with van der Waals surface area (Å²) in [6, 6.07) is 13.4. The molecule has 126 valence electrons. The summed E-state index contributed by atoms with van der Waals surface area (Å²) >= 11 is 0. The number of nitriles is 2. The monoisotopic (exact) mass is 324 g/mol. The van der Waals surface area contributed by atoms with E-state index < -0.39 is 0 Å². The minimum absolute atomic E-state index is 0.0247. The van der Waals surface area contributed by atoms with Gasteiger partial charge in [-0.3, -0.25) is 9.80 Å². The lowest BCUT2D eigenvalue weighted by molar-refractivity contribution is 0.0897. The molecule has 2 fully saturated rings. The van der Waals surface area contributed by atoms with Gasteiger partial charge in [0.15, 0.2) is 0 Å². The first-order valence-corrected chi connectivity index (χ1v) is 8.76. The highest BCUT2D eigenvalue weighted by atomic mass is 16.5. The summed E-state index contributed by atoms with van der Waals surface area (Å²) in [4.78, 5) is 4.74. The van der Waals surface area contributed by atoms with Crippen LogP contribution < -0.4 is 4.74 Å². The summed E-state index contributed by atoms with van der Waals surface area (Å²) in [5.41, 5.74) is 1.21. The minimum Gasteiger partial charge on any atom is -0.494 e. The van der Waals surface area contributed by atoms with Crippen molar-refractivity contribution < 1.29 is 4.74 Å². The van der Waals surface area contributed by atoms with Crippen LogP contribution in [0.4, 0.5) is 0 Å². The number of ether oxygens (including phenoxy) is 1. The van der Waals surface area contributed by atoms with E-state index in [1.54, 1.807) is 0 Å². The topological polar surface area (TPSA) is 63.3 Å².